The van der Waals surface area contributed by atoms with Crippen molar-refractivity contribution in [1.29, 1.82) is 0 Å². The van der Waals surface area contributed by atoms with Crippen molar-refractivity contribution in [2.24, 2.45) is 5.41 Å². The van der Waals surface area contributed by atoms with Gasteiger partial charge >= 0.3 is 6.16 Å². The SMILES string of the molecule is C=C=C[C@H]1O[C@H](C[C@H]2COC(=O)O2)C(C)(C)[C@H](OC)[C@H]1O. The van der Waals surface area contributed by atoms with E-state index in [0.717, 1.165) is 0 Å². The lowest BCUT2D eigenvalue weighted by Gasteiger charge is -2.49. The highest BCUT2D eigenvalue weighted by atomic mass is 16.8. The van der Waals surface area contributed by atoms with Crippen molar-refractivity contribution in [3.8, 4) is 0 Å². The van der Waals surface area contributed by atoms with E-state index in [9.17, 15) is 9.90 Å². The molecule has 0 spiro atoms. The monoisotopic (exact) mass is 298 g/mol. The lowest BCUT2D eigenvalue weighted by Crippen LogP contribution is -2.59. The Labute approximate surface area is 124 Å². The fourth-order valence-corrected chi connectivity index (χ4v) is 3.02. The maximum Gasteiger partial charge on any atom is 0.508 e. The van der Waals surface area contributed by atoms with E-state index in [0.29, 0.717) is 6.42 Å². The van der Waals surface area contributed by atoms with E-state index >= 15 is 0 Å². The van der Waals surface area contributed by atoms with Gasteiger partial charge in [-0.1, -0.05) is 20.4 Å². The molecule has 2 heterocycles. The second-order valence-electron chi connectivity index (χ2n) is 5.96. The second-order valence-corrected chi connectivity index (χ2v) is 5.96. The highest BCUT2D eigenvalue weighted by Gasteiger charge is 2.51. The fourth-order valence-electron chi connectivity index (χ4n) is 3.02. The number of carbonyl (C=O) groups is 1. The summed E-state index contributed by atoms with van der Waals surface area (Å²) in [6.45, 7) is 7.65. The Kier molecular flexibility index (Phi) is 4.74. The van der Waals surface area contributed by atoms with Crippen molar-refractivity contribution in [1.82, 2.24) is 0 Å². The van der Waals surface area contributed by atoms with Crippen LogP contribution in [0.2, 0.25) is 0 Å². The van der Waals surface area contributed by atoms with Gasteiger partial charge in [0.1, 0.15) is 24.9 Å². The van der Waals surface area contributed by atoms with Crippen LogP contribution in [0.25, 0.3) is 0 Å². The average Bonchev–Trinajstić information content (AvgIpc) is 2.81. The summed E-state index contributed by atoms with van der Waals surface area (Å²) in [5.41, 5.74) is 2.19. The predicted molar refractivity (Wildman–Crippen MR) is 73.8 cm³/mol. The van der Waals surface area contributed by atoms with Gasteiger partial charge in [-0.25, -0.2) is 4.79 Å². The van der Waals surface area contributed by atoms with Crippen LogP contribution in [0.1, 0.15) is 20.3 Å². The summed E-state index contributed by atoms with van der Waals surface area (Å²) in [4.78, 5) is 11.0. The molecule has 0 unspecified atom stereocenters. The Morgan fingerprint density at radius 1 is 1.57 bits per heavy atom. The number of aliphatic hydroxyl groups excluding tert-OH is 1. The first-order valence-corrected chi connectivity index (χ1v) is 6.95. The molecule has 0 aromatic rings. The van der Waals surface area contributed by atoms with E-state index in [1.165, 1.54) is 0 Å². The first kappa shape index (κ1) is 16.0. The third-order valence-electron chi connectivity index (χ3n) is 4.19. The number of cyclic esters (lactones) is 2. The van der Waals surface area contributed by atoms with E-state index in [4.69, 9.17) is 18.9 Å². The summed E-state index contributed by atoms with van der Waals surface area (Å²) in [7, 11) is 1.56. The molecule has 6 nitrogen and oxygen atoms in total. The summed E-state index contributed by atoms with van der Waals surface area (Å²) in [6.07, 6.45) is -0.976. The van der Waals surface area contributed by atoms with E-state index in [2.05, 4.69) is 12.3 Å². The molecule has 0 radical (unpaired) electrons. The summed E-state index contributed by atoms with van der Waals surface area (Å²) >= 11 is 0. The Balaban J connectivity index is 2.16. The van der Waals surface area contributed by atoms with Gasteiger partial charge in [-0.3, -0.25) is 0 Å². The van der Waals surface area contributed by atoms with Gasteiger partial charge in [0.25, 0.3) is 0 Å². The molecule has 0 amide bonds. The van der Waals surface area contributed by atoms with Crippen LogP contribution in [0.3, 0.4) is 0 Å². The molecule has 0 aromatic heterocycles. The number of ether oxygens (including phenoxy) is 4. The van der Waals surface area contributed by atoms with Crippen molar-refractivity contribution in [2.75, 3.05) is 13.7 Å². The third-order valence-corrected chi connectivity index (χ3v) is 4.19. The van der Waals surface area contributed by atoms with Crippen molar-refractivity contribution in [3.63, 3.8) is 0 Å². The Morgan fingerprint density at radius 2 is 2.29 bits per heavy atom. The van der Waals surface area contributed by atoms with Gasteiger partial charge in [0.2, 0.25) is 0 Å². The van der Waals surface area contributed by atoms with Crippen LogP contribution < -0.4 is 0 Å². The van der Waals surface area contributed by atoms with E-state index in [1.807, 2.05) is 13.8 Å². The normalized spacial score (nSPS) is 38.3. The van der Waals surface area contributed by atoms with Gasteiger partial charge < -0.3 is 24.1 Å². The van der Waals surface area contributed by atoms with Gasteiger partial charge in [0, 0.05) is 18.9 Å². The smallest absolute Gasteiger partial charge is 0.430 e. The molecule has 0 bridgehead atoms. The minimum atomic E-state index is -0.808. The number of hydrogen-bond acceptors (Lipinski definition) is 6. The first-order chi connectivity index (χ1) is 9.90. The van der Waals surface area contributed by atoms with Crippen molar-refractivity contribution < 1.29 is 28.8 Å². The van der Waals surface area contributed by atoms with Gasteiger partial charge in [0.05, 0.1) is 12.2 Å². The highest BCUT2D eigenvalue weighted by molar-refractivity contribution is 5.61. The van der Waals surface area contributed by atoms with Crippen molar-refractivity contribution in [3.05, 3.63) is 18.4 Å². The molecule has 2 saturated heterocycles. The van der Waals surface area contributed by atoms with Crippen LogP contribution in [-0.4, -0.2) is 55.5 Å². The highest BCUT2D eigenvalue weighted by Crippen LogP contribution is 2.41. The number of rotatable bonds is 4. The van der Waals surface area contributed by atoms with Crippen LogP contribution in [0.5, 0.6) is 0 Å². The first-order valence-electron chi connectivity index (χ1n) is 6.95. The number of aliphatic hydroxyl groups is 1. The molecule has 118 valence electrons. The Morgan fingerprint density at radius 3 is 2.81 bits per heavy atom. The topological polar surface area (TPSA) is 74.2 Å². The maximum atomic E-state index is 11.0. The molecular formula is C15H22O6. The van der Waals surface area contributed by atoms with Gasteiger partial charge in [-0.2, -0.15) is 0 Å². The number of carbonyl (C=O) groups excluding carboxylic acids is 1. The summed E-state index contributed by atoms with van der Waals surface area (Å²) < 4.78 is 21.3. The fraction of sp³-hybridized carbons (Fsp3) is 0.733. The zero-order valence-corrected chi connectivity index (χ0v) is 12.6. The Hall–Kier alpha value is -1.33. The van der Waals surface area contributed by atoms with Crippen LogP contribution in [0, 0.1) is 5.41 Å². The van der Waals surface area contributed by atoms with Gasteiger partial charge in [0.15, 0.2) is 0 Å². The second kappa shape index (κ2) is 6.20. The molecular weight excluding hydrogens is 276 g/mol. The molecule has 0 aromatic carbocycles. The van der Waals surface area contributed by atoms with Gasteiger partial charge in [-0.15, -0.1) is 5.73 Å². The zero-order valence-electron chi connectivity index (χ0n) is 12.6. The quantitative estimate of drug-likeness (QED) is 0.625. The summed E-state index contributed by atoms with van der Waals surface area (Å²) in [5.74, 6) is 0. The molecule has 6 heteroatoms. The Bertz CT molecular complexity index is 439. The largest absolute Gasteiger partial charge is 0.508 e. The number of hydrogen-bond donors (Lipinski definition) is 1. The lowest BCUT2D eigenvalue weighted by molar-refractivity contribution is -0.229. The van der Waals surface area contributed by atoms with E-state index in [-0.39, 0.29) is 18.8 Å². The molecule has 2 aliphatic rings. The summed E-state index contributed by atoms with van der Waals surface area (Å²) in [6, 6.07) is 0. The molecule has 2 aliphatic heterocycles. The van der Waals surface area contributed by atoms with Crippen LogP contribution in [0.15, 0.2) is 18.4 Å². The molecule has 5 atom stereocenters. The van der Waals surface area contributed by atoms with Crippen molar-refractivity contribution in [2.45, 2.75) is 50.8 Å². The molecule has 2 rings (SSSR count). The van der Waals surface area contributed by atoms with Crippen LogP contribution in [-0.2, 0) is 18.9 Å². The van der Waals surface area contributed by atoms with Crippen LogP contribution >= 0.6 is 0 Å². The number of methoxy groups -OCH3 is 1. The average molecular weight is 298 g/mol. The zero-order chi connectivity index (χ0) is 15.6. The minimum absolute atomic E-state index is 0.219. The summed E-state index contributed by atoms with van der Waals surface area (Å²) in [5, 5.41) is 10.4. The molecule has 1 N–H and O–H groups in total. The van der Waals surface area contributed by atoms with Gasteiger partial charge in [-0.05, 0) is 6.08 Å². The molecule has 0 aliphatic carbocycles. The third kappa shape index (κ3) is 3.14. The maximum absolute atomic E-state index is 11.0. The molecule has 0 saturated carbocycles. The lowest BCUT2D eigenvalue weighted by atomic mass is 9.73. The molecule has 2 fully saturated rings. The van der Waals surface area contributed by atoms with Crippen LogP contribution in [0.4, 0.5) is 4.79 Å². The minimum Gasteiger partial charge on any atom is -0.430 e. The molecule has 21 heavy (non-hydrogen) atoms. The van der Waals surface area contributed by atoms with Crippen molar-refractivity contribution >= 4 is 6.16 Å². The predicted octanol–water partition coefficient (Wildman–Crippen LogP) is 1.42. The van der Waals surface area contributed by atoms with E-state index in [1.54, 1.807) is 13.2 Å². The standard InChI is InChI=1S/C15H22O6/c1-5-6-10-12(16)13(18-4)15(2,3)11(21-10)7-9-8-19-14(17)20-9/h6,9-13,16H,1,7-8H2,2-4H3/t9-,10+,11+,12-,13+/m0/s1. The van der Waals surface area contributed by atoms with E-state index < -0.39 is 29.9 Å².